The van der Waals surface area contributed by atoms with E-state index in [0.717, 1.165) is 4.83 Å². The molecule has 0 saturated heterocycles. The smallest absolute Gasteiger partial charge is 0.0656 e. The van der Waals surface area contributed by atoms with Crippen LogP contribution in [-0.4, -0.2) is 17.0 Å². The van der Waals surface area contributed by atoms with Gasteiger partial charge in [-0.2, -0.15) is 0 Å². The molecule has 3 unspecified atom stereocenters. The molecule has 15 heavy (non-hydrogen) atoms. The highest BCUT2D eigenvalue weighted by atomic mass is 79.9. The Labute approximate surface area is 102 Å². The van der Waals surface area contributed by atoms with Gasteiger partial charge in [0.2, 0.25) is 0 Å². The van der Waals surface area contributed by atoms with Crippen LogP contribution in [0.4, 0.5) is 0 Å². The molecular weight excluding hydrogens is 252 g/mol. The SMILES string of the molecule is CCCC(C)OC1CC(Br)C12CCCC2. The van der Waals surface area contributed by atoms with Crippen molar-refractivity contribution in [2.75, 3.05) is 0 Å². The Balaban J connectivity index is 1.88. The van der Waals surface area contributed by atoms with Crippen LogP contribution in [0.5, 0.6) is 0 Å². The number of hydrogen-bond donors (Lipinski definition) is 0. The maximum atomic E-state index is 6.20. The van der Waals surface area contributed by atoms with Crippen LogP contribution in [0.25, 0.3) is 0 Å². The van der Waals surface area contributed by atoms with Gasteiger partial charge in [-0.15, -0.1) is 0 Å². The van der Waals surface area contributed by atoms with Gasteiger partial charge in [0.15, 0.2) is 0 Å². The maximum Gasteiger partial charge on any atom is 0.0656 e. The third-order valence-electron chi connectivity index (χ3n) is 4.31. The molecule has 2 rings (SSSR count). The highest BCUT2D eigenvalue weighted by Crippen LogP contribution is 2.58. The van der Waals surface area contributed by atoms with Crippen LogP contribution in [0.2, 0.25) is 0 Å². The van der Waals surface area contributed by atoms with Gasteiger partial charge < -0.3 is 4.74 Å². The van der Waals surface area contributed by atoms with Crippen molar-refractivity contribution in [3.8, 4) is 0 Å². The molecule has 0 aromatic carbocycles. The van der Waals surface area contributed by atoms with Gasteiger partial charge >= 0.3 is 0 Å². The Kier molecular flexibility index (Phi) is 3.77. The third-order valence-corrected chi connectivity index (χ3v) is 5.60. The molecule has 0 heterocycles. The van der Waals surface area contributed by atoms with Gasteiger partial charge in [0.25, 0.3) is 0 Å². The summed E-state index contributed by atoms with van der Waals surface area (Å²) in [6, 6.07) is 0. The first-order valence-electron chi connectivity index (χ1n) is 6.48. The summed E-state index contributed by atoms with van der Waals surface area (Å²) in [6.45, 7) is 4.47. The molecule has 0 bridgehead atoms. The lowest BCUT2D eigenvalue weighted by molar-refractivity contribution is -0.130. The summed E-state index contributed by atoms with van der Waals surface area (Å²) in [4.78, 5) is 0.728. The van der Waals surface area contributed by atoms with Crippen LogP contribution in [0.3, 0.4) is 0 Å². The van der Waals surface area contributed by atoms with E-state index in [9.17, 15) is 0 Å². The van der Waals surface area contributed by atoms with Crippen molar-refractivity contribution in [2.45, 2.75) is 75.8 Å². The Morgan fingerprint density at radius 3 is 2.60 bits per heavy atom. The van der Waals surface area contributed by atoms with E-state index in [1.165, 1.54) is 44.9 Å². The van der Waals surface area contributed by atoms with Crippen molar-refractivity contribution in [1.82, 2.24) is 0 Å². The van der Waals surface area contributed by atoms with Gasteiger partial charge in [0.1, 0.15) is 0 Å². The number of ether oxygens (including phenoxy) is 1. The molecule has 1 spiro atoms. The lowest BCUT2D eigenvalue weighted by atomic mass is 9.64. The second kappa shape index (κ2) is 4.75. The summed E-state index contributed by atoms with van der Waals surface area (Å²) in [7, 11) is 0. The zero-order valence-electron chi connectivity index (χ0n) is 9.97. The molecule has 2 saturated carbocycles. The van der Waals surface area contributed by atoms with E-state index in [4.69, 9.17) is 4.74 Å². The van der Waals surface area contributed by atoms with Gasteiger partial charge in [-0.25, -0.2) is 0 Å². The van der Waals surface area contributed by atoms with Gasteiger partial charge in [-0.1, -0.05) is 42.1 Å². The molecule has 0 aromatic rings. The van der Waals surface area contributed by atoms with Crippen LogP contribution in [-0.2, 0) is 4.74 Å². The van der Waals surface area contributed by atoms with Crippen molar-refractivity contribution >= 4 is 15.9 Å². The van der Waals surface area contributed by atoms with Crippen LogP contribution < -0.4 is 0 Å². The standard InChI is InChI=1S/C13H23BrO/c1-3-6-10(2)15-12-9-11(14)13(12)7-4-5-8-13/h10-12H,3-9H2,1-2H3. The van der Waals surface area contributed by atoms with Gasteiger partial charge in [0, 0.05) is 10.2 Å². The van der Waals surface area contributed by atoms with E-state index in [1.807, 2.05) is 0 Å². The van der Waals surface area contributed by atoms with Crippen molar-refractivity contribution in [1.29, 1.82) is 0 Å². The summed E-state index contributed by atoms with van der Waals surface area (Å²) >= 11 is 3.83. The molecule has 1 nitrogen and oxygen atoms in total. The van der Waals surface area contributed by atoms with Crippen LogP contribution in [0.1, 0.15) is 58.8 Å². The van der Waals surface area contributed by atoms with Crippen molar-refractivity contribution in [2.24, 2.45) is 5.41 Å². The fraction of sp³-hybridized carbons (Fsp3) is 1.00. The van der Waals surface area contributed by atoms with Crippen LogP contribution in [0.15, 0.2) is 0 Å². The topological polar surface area (TPSA) is 9.23 Å². The van der Waals surface area contributed by atoms with E-state index < -0.39 is 0 Å². The van der Waals surface area contributed by atoms with Gasteiger partial charge in [-0.05, 0) is 32.6 Å². The largest absolute Gasteiger partial charge is 0.375 e. The summed E-state index contributed by atoms with van der Waals surface area (Å²) in [5, 5.41) is 0. The summed E-state index contributed by atoms with van der Waals surface area (Å²) in [5.41, 5.74) is 0.516. The Hall–Kier alpha value is 0.440. The first-order chi connectivity index (χ1) is 7.19. The highest BCUT2D eigenvalue weighted by Gasteiger charge is 2.55. The summed E-state index contributed by atoms with van der Waals surface area (Å²) in [6.07, 6.45) is 10.3. The van der Waals surface area contributed by atoms with E-state index in [-0.39, 0.29) is 0 Å². The fourth-order valence-corrected chi connectivity index (χ4v) is 4.41. The maximum absolute atomic E-state index is 6.20. The van der Waals surface area contributed by atoms with Gasteiger partial charge in [-0.3, -0.25) is 0 Å². The zero-order chi connectivity index (χ0) is 10.9. The van der Waals surface area contributed by atoms with Gasteiger partial charge in [0.05, 0.1) is 12.2 Å². The Morgan fingerprint density at radius 2 is 2.07 bits per heavy atom. The first-order valence-corrected chi connectivity index (χ1v) is 7.40. The minimum atomic E-state index is 0.456. The molecule has 2 fully saturated rings. The minimum Gasteiger partial charge on any atom is -0.375 e. The molecule has 3 atom stereocenters. The molecule has 2 aliphatic carbocycles. The number of rotatable bonds is 4. The number of hydrogen-bond acceptors (Lipinski definition) is 1. The lowest BCUT2D eigenvalue weighted by Gasteiger charge is -2.52. The molecule has 2 aliphatic rings. The number of alkyl halides is 1. The van der Waals surface area contributed by atoms with Crippen molar-refractivity contribution < 1.29 is 4.74 Å². The monoisotopic (exact) mass is 274 g/mol. The molecule has 0 aliphatic heterocycles. The van der Waals surface area contributed by atoms with Crippen molar-refractivity contribution in [3.63, 3.8) is 0 Å². The summed E-state index contributed by atoms with van der Waals surface area (Å²) in [5.74, 6) is 0. The number of halogens is 1. The molecule has 0 radical (unpaired) electrons. The van der Waals surface area contributed by atoms with E-state index >= 15 is 0 Å². The van der Waals surface area contributed by atoms with E-state index in [1.54, 1.807) is 0 Å². The lowest BCUT2D eigenvalue weighted by Crippen LogP contribution is -2.54. The normalized spacial score (nSPS) is 35.4. The molecule has 88 valence electrons. The third kappa shape index (κ3) is 2.12. The average molecular weight is 275 g/mol. The molecule has 2 heteroatoms. The molecule has 0 N–H and O–H groups in total. The first kappa shape index (κ1) is 11.9. The second-order valence-corrected chi connectivity index (χ2v) is 6.47. The molecule has 0 aromatic heterocycles. The Morgan fingerprint density at radius 1 is 1.40 bits per heavy atom. The molecule has 0 amide bonds. The quantitative estimate of drug-likeness (QED) is 0.695. The molecular formula is C13H23BrO. The fourth-order valence-electron chi connectivity index (χ4n) is 3.31. The van der Waals surface area contributed by atoms with Crippen LogP contribution in [0, 0.1) is 5.41 Å². The zero-order valence-corrected chi connectivity index (χ0v) is 11.6. The highest BCUT2D eigenvalue weighted by molar-refractivity contribution is 9.09. The predicted octanol–water partition coefficient (Wildman–Crippen LogP) is 4.29. The second-order valence-electron chi connectivity index (χ2n) is 5.37. The van der Waals surface area contributed by atoms with Crippen LogP contribution >= 0.6 is 15.9 Å². The summed E-state index contributed by atoms with van der Waals surface area (Å²) < 4.78 is 6.20. The van der Waals surface area contributed by atoms with Crippen molar-refractivity contribution in [3.05, 3.63) is 0 Å². The van der Waals surface area contributed by atoms with E-state index in [0.29, 0.717) is 17.6 Å². The van der Waals surface area contributed by atoms with E-state index in [2.05, 4.69) is 29.8 Å². The minimum absolute atomic E-state index is 0.456. The predicted molar refractivity (Wildman–Crippen MR) is 67.5 cm³/mol. The Bertz CT molecular complexity index is 211. The average Bonchev–Trinajstić information content (AvgIpc) is 2.69.